The monoisotopic (exact) mass is 542 g/mol. The molecule has 40 heavy (non-hydrogen) atoms. The number of carbonyl (C=O) groups is 4. The van der Waals surface area contributed by atoms with Gasteiger partial charge in [0.05, 0.1) is 5.41 Å². The third-order valence-electron chi connectivity index (χ3n) is 8.54. The molecule has 0 saturated heterocycles. The van der Waals surface area contributed by atoms with Gasteiger partial charge in [-0.3, -0.25) is 14.4 Å². The van der Waals surface area contributed by atoms with Crippen molar-refractivity contribution < 1.29 is 29.4 Å². The van der Waals surface area contributed by atoms with Crippen LogP contribution in [0.3, 0.4) is 0 Å². The van der Waals surface area contributed by atoms with Crippen LogP contribution in [0.15, 0.2) is 78.9 Å². The first-order chi connectivity index (χ1) is 18.9. The van der Waals surface area contributed by atoms with E-state index in [2.05, 4.69) is 10.6 Å². The van der Waals surface area contributed by atoms with Gasteiger partial charge in [-0.2, -0.15) is 0 Å². The second-order valence-electron chi connectivity index (χ2n) is 11.1. The van der Waals surface area contributed by atoms with Gasteiger partial charge in [-0.15, -0.1) is 0 Å². The van der Waals surface area contributed by atoms with E-state index in [1.807, 2.05) is 54.6 Å². The summed E-state index contributed by atoms with van der Waals surface area (Å²) in [5, 5.41) is 25.0. The Hall–Kier alpha value is -4.46. The van der Waals surface area contributed by atoms with E-state index in [1.165, 1.54) is 0 Å². The van der Waals surface area contributed by atoms with E-state index in [9.17, 15) is 29.4 Å². The molecule has 2 amide bonds. The number of amides is 2. The minimum absolute atomic E-state index is 0.0211. The number of carboxylic acids is 2. The number of hydrogen-bond acceptors (Lipinski definition) is 4. The normalized spacial score (nSPS) is 20.3. The van der Waals surface area contributed by atoms with Crippen LogP contribution < -0.4 is 10.6 Å². The molecule has 0 aliphatic heterocycles. The van der Waals surface area contributed by atoms with Gasteiger partial charge in [-0.25, -0.2) is 4.79 Å². The Morgan fingerprint density at radius 3 is 2.00 bits per heavy atom. The molecule has 3 aromatic rings. The zero-order chi connectivity index (χ0) is 29.1. The van der Waals surface area contributed by atoms with Crippen LogP contribution in [-0.4, -0.2) is 40.0 Å². The lowest BCUT2D eigenvalue weighted by Gasteiger charge is -2.38. The lowest BCUT2D eigenvalue weighted by atomic mass is 9.65. The summed E-state index contributed by atoms with van der Waals surface area (Å²) in [6.07, 6.45) is 0.728. The summed E-state index contributed by atoms with van der Waals surface area (Å²) in [7, 11) is 0. The van der Waals surface area contributed by atoms with Crippen LogP contribution in [0, 0.1) is 16.7 Å². The van der Waals surface area contributed by atoms with Crippen LogP contribution >= 0.6 is 0 Å². The van der Waals surface area contributed by atoms with Crippen molar-refractivity contribution in [2.45, 2.75) is 46.1 Å². The van der Waals surface area contributed by atoms with Crippen LogP contribution in [0.2, 0.25) is 0 Å². The summed E-state index contributed by atoms with van der Waals surface area (Å²) in [6, 6.07) is 22.8. The second kappa shape index (κ2) is 11.3. The molecule has 0 bridgehead atoms. The average Bonchev–Trinajstić information content (AvgIpc) is 3.18. The molecule has 3 unspecified atom stereocenters. The van der Waals surface area contributed by atoms with E-state index < -0.39 is 40.6 Å². The second-order valence-corrected chi connectivity index (χ2v) is 11.1. The maximum Gasteiger partial charge on any atom is 0.326 e. The highest BCUT2D eigenvalue weighted by Gasteiger charge is 2.58. The van der Waals surface area contributed by atoms with Gasteiger partial charge in [0.2, 0.25) is 5.91 Å². The smallest absolute Gasteiger partial charge is 0.326 e. The molecule has 0 radical (unpaired) electrons. The molecule has 4 rings (SSSR count). The Labute approximate surface area is 233 Å². The third kappa shape index (κ3) is 5.76. The summed E-state index contributed by atoms with van der Waals surface area (Å²) >= 11 is 0. The Bertz CT molecular complexity index is 1400. The van der Waals surface area contributed by atoms with Gasteiger partial charge in [0.15, 0.2) is 0 Å². The molecule has 1 aliphatic carbocycles. The average molecular weight is 543 g/mol. The fourth-order valence-electron chi connectivity index (χ4n) is 5.42. The van der Waals surface area contributed by atoms with Crippen molar-refractivity contribution in [2.75, 3.05) is 5.32 Å². The summed E-state index contributed by atoms with van der Waals surface area (Å²) in [5.41, 5.74) is 1.89. The molecule has 8 nitrogen and oxygen atoms in total. The maximum atomic E-state index is 13.1. The lowest BCUT2D eigenvalue weighted by Crippen LogP contribution is -2.49. The van der Waals surface area contributed by atoms with Gasteiger partial charge in [-0.1, -0.05) is 68.4 Å². The molecular formula is C32H34N2O6. The molecule has 1 fully saturated rings. The Morgan fingerprint density at radius 2 is 1.45 bits per heavy atom. The van der Waals surface area contributed by atoms with Crippen molar-refractivity contribution in [1.82, 2.24) is 5.32 Å². The molecule has 3 aromatic carbocycles. The van der Waals surface area contributed by atoms with Crippen LogP contribution in [0.1, 0.15) is 49.5 Å². The molecule has 0 aromatic heterocycles. The molecule has 0 spiro atoms. The van der Waals surface area contributed by atoms with Crippen molar-refractivity contribution in [3.05, 3.63) is 90.0 Å². The minimum atomic E-state index is -1.19. The molecule has 1 saturated carbocycles. The number of hydrogen-bond donors (Lipinski definition) is 4. The van der Waals surface area contributed by atoms with Gasteiger partial charge in [0, 0.05) is 23.6 Å². The van der Waals surface area contributed by atoms with Gasteiger partial charge < -0.3 is 20.8 Å². The predicted molar refractivity (Wildman–Crippen MR) is 152 cm³/mol. The number of rotatable bonds is 9. The third-order valence-corrected chi connectivity index (χ3v) is 8.54. The SMILES string of the molecule is CC1(C(=O)O)CCC(C(=O)NC(Cc2ccc(C(=O)Nc3ccc(-c4ccccc4)cc3)cc2)C(=O)O)C1(C)C. The topological polar surface area (TPSA) is 133 Å². The molecule has 3 atom stereocenters. The number of carboxylic acid groups (broad SMARTS) is 2. The van der Waals surface area contributed by atoms with Crippen molar-refractivity contribution in [3.8, 4) is 11.1 Å². The number of nitrogens with one attached hydrogen (secondary N) is 2. The summed E-state index contributed by atoms with van der Waals surface area (Å²) in [4.78, 5) is 49.7. The molecule has 1 aliphatic rings. The van der Waals surface area contributed by atoms with Crippen LogP contribution in [0.25, 0.3) is 11.1 Å². The summed E-state index contributed by atoms with van der Waals surface area (Å²) in [5.74, 6) is -3.53. The molecule has 208 valence electrons. The van der Waals surface area contributed by atoms with Crippen molar-refractivity contribution in [2.24, 2.45) is 16.7 Å². The van der Waals surface area contributed by atoms with E-state index in [1.54, 1.807) is 45.0 Å². The Kier molecular flexibility index (Phi) is 8.09. The zero-order valence-electron chi connectivity index (χ0n) is 22.8. The summed E-state index contributed by atoms with van der Waals surface area (Å²) < 4.78 is 0. The summed E-state index contributed by atoms with van der Waals surface area (Å²) in [6.45, 7) is 5.12. The van der Waals surface area contributed by atoms with Crippen molar-refractivity contribution in [3.63, 3.8) is 0 Å². The first-order valence-electron chi connectivity index (χ1n) is 13.2. The number of carbonyl (C=O) groups excluding carboxylic acids is 2. The lowest BCUT2D eigenvalue weighted by molar-refractivity contribution is -0.155. The van der Waals surface area contributed by atoms with Gasteiger partial charge in [0.25, 0.3) is 5.91 Å². The highest BCUT2D eigenvalue weighted by molar-refractivity contribution is 6.04. The minimum Gasteiger partial charge on any atom is -0.481 e. The molecular weight excluding hydrogens is 508 g/mol. The molecule has 4 N–H and O–H groups in total. The highest BCUT2D eigenvalue weighted by Crippen LogP contribution is 2.56. The van der Waals surface area contributed by atoms with Gasteiger partial charge >= 0.3 is 11.9 Å². The predicted octanol–water partition coefficient (Wildman–Crippen LogP) is 5.24. The fourth-order valence-corrected chi connectivity index (χ4v) is 5.42. The highest BCUT2D eigenvalue weighted by atomic mass is 16.4. The Balaban J connectivity index is 1.37. The van der Waals surface area contributed by atoms with E-state index in [-0.39, 0.29) is 12.3 Å². The first-order valence-corrected chi connectivity index (χ1v) is 13.2. The van der Waals surface area contributed by atoms with Gasteiger partial charge in [0.1, 0.15) is 6.04 Å². The standard InChI is InChI=1S/C32H34N2O6/c1-31(2)25(17-18-32(31,3)30(39)40)28(36)34-26(29(37)38)19-20-9-11-23(12-10-20)27(35)33-24-15-13-22(14-16-24)21-7-5-4-6-8-21/h4-16,25-26H,17-19H2,1-3H3,(H,33,35)(H,34,36)(H,37,38)(H,39,40). The van der Waals surface area contributed by atoms with E-state index in [0.29, 0.717) is 29.7 Å². The van der Waals surface area contributed by atoms with E-state index in [0.717, 1.165) is 11.1 Å². The van der Waals surface area contributed by atoms with Crippen LogP contribution in [-0.2, 0) is 20.8 Å². The quantitative estimate of drug-likeness (QED) is 0.292. The molecule has 8 heteroatoms. The number of aliphatic carboxylic acids is 2. The fraction of sp³-hybridized carbons (Fsp3) is 0.312. The largest absolute Gasteiger partial charge is 0.481 e. The Morgan fingerprint density at radius 1 is 0.850 bits per heavy atom. The van der Waals surface area contributed by atoms with E-state index in [4.69, 9.17) is 0 Å². The van der Waals surface area contributed by atoms with Crippen molar-refractivity contribution >= 4 is 29.4 Å². The number of anilines is 1. The van der Waals surface area contributed by atoms with Crippen molar-refractivity contribution in [1.29, 1.82) is 0 Å². The van der Waals surface area contributed by atoms with Crippen LogP contribution in [0.5, 0.6) is 0 Å². The maximum absolute atomic E-state index is 13.1. The molecule has 0 heterocycles. The zero-order valence-corrected chi connectivity index (χ0v) is 22.8. The van der Waals surface area contributed by atoms with E-state index >= 15 is 0 Å². The first kappa shape index (κ1) is 28.5. The van der Waals surface area contributed by atoms with Crippen LogP contribution in [0.4, 0.5) is 5.69 Å². The van der Waals surface area contributed by atoms with Gasteiger partial charge in [-0.05, 0) is 66.1 Å². The number of benzene rings is 3.